The van der Waals surface area contributed by atoms with Gasteiger partial charge in [0.05, 0.1) is 0 Å². The fourth-order valence-corrected chi connectivity index (χ4v) is 2.14. The van der Waals surface area contributed by atoms with Crippen molar-refractivity contribution in [1.29, 1.82) is 5.26 Å². The molecule has 4 nitrogen and oxygen atoms in total. The first kappa shape index (κ1) is 11.9. The van der Waals surface area contributed by atoms with Crippen LogP contribution in [0.5, 0.6) is 5.88 Å². The van der Waals surface area contributed by atoms with Gasteiger partial charge in [-0.3, -0.25) is 0 Å². The van der Waals surface area contributed by atoms with Crippen molar-refractivity contribution in [1.82, 2.24) is 4.98 Å². The number of nitriles is 1. The Morgan fingerprint density at radius 3 is 2.82 bits per heavy atom. The highest BCUT2D eigenvalue weighted by molar-refractivity contribution is 5.45. The monoisotopic (exact) mass is 231 g/mol. The second kappa shape index (κ2) is 4.72. The third kappa shape index (κ3) is 2.40. The molecule has 1 aliphatic carbocycles. The standard InChI is InChI=1S/C13H17N3O/c1-8-3-9(2)16-13(12(8)7-15)17-11-4-10(5-11)6-14/h3,10-11H,4-6,14H2,1-2H3. The molecule has 0 spiro atoms. The van der Waals surface area contributed by atoms with E-state index in [2.05, 4.69) is 11.1 Å². The molecule has 0 aromatic carbocycles. The number of hydrogen-bond acceptors (Lipinski definition) is 4. The lowest BCUT2D eigenvalue weighted by Crippen LogP contribution is -2.38. The molecule has 0 atom stereocenters. The first-order valence-corrected chi connectivity index (χ1v) is 5.89. The van der Waals surface area contributed by atoms with Crippen molar-refractivity contribution in [2.45, 2.75) is 32.8 Å². The van der Waals surface area contributed by atoms with E-state index in [4.69, 9.17) is 15.7 Å². The van der Waals surface area contributed by atoms with E-state index in [-0.39, 0.29) is 6.10 Å². The van der Waals surface area contributed by atoms with Crippen LogP contribution in [0.3, 0.4) is 0 Å². The molecule has 1 aliphatic rings. The summed E-state index contributed by atoms with van der Waals surface area (Å²) in [6, 6.07) is 4.06. The molecule has 1 heterocycles. The summed E-state index contributed by atoms with van der Waals surface area (Å²) in [5.74, 6) is 1.04. The van der Waals surface area contributed by atoms with Gasteiger partial charge in [0.2, 0.25) is 5.88 Å². The Bertz CT molecular complexity index is 458. The van der Waals surface area contributed by atoms with Crippen molar-refractivity contribution < 1.29 is 4.74 Å². The lowest BCUT2D eigenvalue weighted by Gasteiger charge is -2.34. The van der Waals surface area contributed by atoms with E-state index in [0.29, 0.717) is 23.9 Å². The molecule has 1 aromatic rings. The number of aromatic nitrogens is 1. The molecule has 2 rings (SSSR count). The van der Waals surface area contributed by atoms with Crippen LogP contribution in [0.15, 0.2) is 6.07 Å². The molecular weight excluding hydrogens is 214 g/mol. The summed E-state index contributed by atoms with van der Waals surface area (Å²) >= 11 is 0. The van der Waals surface area contributed by atoms with Gasteiger partial charge in [-0.25, -0.2) is 4.98 Å². The van der Waals surface area contributed by atoms with Crippen LogP contribution in [0.2, 0.25) is 0 Å². The van der Waals surface area contributed by atoms with Gasteiger partial charge in [-0.15, -0.1) is 0 Å². The van der Waals surface area contributed by atoms with Crippen LogP contribution in [0, 0.1) is 31.1 Å². The first-order chi connectivity index (χ1) is 8.13. The van der Waals surface area contributed by atoms with Crippen LogP contribution >= 0.6 is 0 Å². The topological polar surface area (TPSA) is 71.9 Å². The molecule has 0 radical (unpaired) electrons. The van der Waals surface area contributed by atoms with Crippen molar-refractivity contribution in [3.8, 4) is 11.9 Å². The molecule has 1 aromatic heterocycles. The van der Waals surface area contributed by atoms with Gasteiger partial charge in [0.25, 0.3) is 0 Å². The highest BCUT2D eigenvalue weighted by Gasteiger charge is 2.30. The van der Waals surface area contributed by atoms with Crippen LogP contribution in [0.25, 0.3) is 0 Å². The van der Waals surface area contributed by atoms with Crippen LogP contribution in [-0.4, -0.2) is 17.6 Å². The summed E-state index contributed by atoms with van der Waals surface area (Å²) in [6.07, 6.45) is 2.11. The molecule has 90 valence electrons. The lowest BCUT2D eigenvalue weighted by atomic mass is 9.82. The predicted molar refractivity (Wildman–Crippen MR) is 64.6 cm³/mol. The number of nitrogens with two attached hydrogens (primary N) is 1. The summed E-state index contributed by atoms with van der Waals surface area (Å²) in [5, 5.41) is 9.10. The molecule has 2 N–H and O–H groups in total. The fraction of sp³-hybridized carbons (Fsp3) is 0.538. The molecule has 0 amide bonds. The Labute approximate surface area is 101 Å². The summed E-state index contributed by atoms with van der Waals surface area (Å²) in [6.45, 7) is 4.53. The fourth-order valence-electron chi connectivity index (χ4n) is 2.14. The van der Waals surface area contributed by atoms with Crippen LogP contribution in [-0.2, 0) is 0 Å². The van der Waals surface area contributed by atoms with E-state index >= 15 is 0 Å². The van der Waals surface area contributed by atoms with Crippen LogP contribution in [0.4, 0.5) is 0 Å². The highest BCUT2D eigenvalue weighted by atomic mass is 16.5. The van der Waals surface area contributed by atoms with Gasteiger partial charge in [-0.1, -0.05) is 0 Å². The highest BCUT2D eigenvalue weighted by Crippen LogP contribution is 2.31. The van der Waals surface area contributed by atoms with Crippen molar-refractivity contribution in [3.63, 3.8) is 0 Å². The quantitative estimate of drug-likeness (QED) is 0.859. The van der Waals surface area contributed by atoms with Gasteiger partial charge < -0.3 is 10.5 Å². The zero-order valence-electron chi connectivity index (χ0n) is 10.2. The average molecular weight is 231 g/mol. The van der Waals surface area contributed by atoms with Gasteiger partial charge in [-0.05, 0) is 50.8 Å². The molecule has 0 saturated heterocycles. The minimum Gasteiger partial charge on any atom is -0.473 e. The van der Waals surface area contributed by atoms with Gasteiger partial charge in [0, 0.05) is 5.69 Å². The molecule has 0 bridgehead atoms. The van der Waals surface area contributed by atoms with Gasteiger partial charge >= 0.3 is 0 Å². The predicted octanol–water partition coefficient (Wildman–Crippen LogP) is 1.69. The third-order valence-electron chi connectivity index (χ3n) is 3.23. The molecule has 0 unspecified atom stereocenters. The smallest absolute Gasteiger partial charge is 0.232 e. The van der Waals surface area contributed by atoms with Gasteiger partial charge in [0.1, 0.15) is 17.7 Å². The van der Waals surface area contributed by atoms with E-state index in [1.165, 1.54) is 0 Å². The third-order valence-corrected chi connectivity index (χ3v) is 3.23. The zero-order chi connectivity index (χ0) is 12.4. The zero-order valence-corrected chi connectivity index (χ0v) is 10.2. The van der Waals surface area contributed by atoms with Crippen LogP contribution < -0.4 is 10.5 Å². The van der Waals surface area contributed by atoms with Crippen LogP contribution in [0.1, 0.15) is 29.7 Å². The Balaban J connectivity index is 2.13. The number of aryl methyl sites for hydroxylation is 2. The SMILES string of the molecule is Cc1cc(C)c(C#N)c(OC2CC(CN)C2)n1. The molecular formula is C13H17N3O. The number of rotatable bonds is 3. The minimum atomic E-state index is 0.171. The lowest BCUT2D eigenvalue weighted by molar-refractivity contribution is 0.0644. The molecule has 0 aliphatic heterocycles. The van der Waals surface area contributed by atoms with Crippen molar-refractivity contribution in [2.24, 2.45) is 11.7 Å². The molecule has 17 heavy (non-hydrogen) atoms. The Morgan fingerprint density at radius 2 is 2.24 bits per heavy atom. The molecule has 1 saturated carbocycles. The van der Waals surface area contributed by atoms with Crippen molar-refractivity contribution in [3.05, 3.63) is 22.9 Å². The number of nitrogens with zero attached hydrogens (tertiary/aromatic N) is 2. The number of hydrogen-bond donors (Lipinski definition) is 1. The van der Waals surface area contributed by atoms with Crippen molar-refractivity contribution in [2.75, 3.05) is 6.54 Å². The van der Waals surface area contributed by atoms with Gasteiger partial charge in [0.15, 0.2) is 0 Å². The Morgan fingerprint density at radius 1 is 1.53 bits per heavy atom. The summed E-state index contributed by atoms with van der Waals surface area (Å²) in [7, 11) is 0. The summed E-state index contributed by atoms with van der Waals surface area (Å²) in [5.41, 5.74) is 7.92. The summed E-state index contributed by atoms with van der Waals surface area (Å²) in [4.78, 5) is 4.30. The number of pyridine rings is 1. The Hall–Kier alpha value is -1.60. The van der Waals surface area contributed by atoms with Gasteiger partial charge in [-0.2, -0.15) is 5.26 Å². The van der Waals surface area contributed by atoms with Crippen molar-refractivity contribution >= 4 is 0 Å². The molecule has 4 heteroatoms. The second-order valence-electron chi connectivity index (χ2n) is 4.69. The minimum absolute atomic E-state index is 0.171. The molecule has 1 fully saturated rings. The van der Waals surface area contributed by atoms with E-state index in [1.807, 2.05) is 19.9 Å². The largest absolute Gasteiger partial charge is 0.473 e. The number of ether oxygens (including phenoxy) is 1. The van der Waals surface area contributed by atoms with E-state index < -0.39 is 0 Å². The maximum atomic E-state index is 9.10. The first-order valence-electron chi connectivity index (χ1n) is 5.89. The normalized spacial score (nSPS) is 22.7. The maximum absolute atomic E-state index is 9.10. The Kier molecular flexibility index (Phi) is 3.30. The average Bonchev–Trinajstić information content (AvgIpc) is 2.22. The second-order valence-corrected chi connectivity index (χ2v) is 4.69. The maximum Gasteiger partial charge on any atom is 0.232 e. The van der Waals surface area contributed by atoms with E-state index in [0.717, 1.165) is 24.1 Å². The van der Waals surface area contributed by atoms with E-state index in [1.54, 1.807) is 0 Å². The van der Waals surface area contributed by atoms with E-state index in [9.17, 15) is 0 Å². The summed E-state index contributed by atoms with van der Waals surface area (Å²) < 4.78 is 5.78.